The zero-order valence-corrected chi connectivity index (χ0v) is 10.2. The van der Waals surface area contributed by atoms with Crippen molar-refractivity contribution in [3.05, 3.63) is 0 Å². The van der Waals surface area contributed by atoms with Gasteiger partial charge in [-0.1, -0.05) is 6.92 Å². The summed E-state index contributed by atoms with van der Waals surface area (Å²) < 4.78 is 5.23. The third-order valence-electron chi connectivity index (χ3n) is 3.38. The Labute approximate surface area is 96.0 Å². The number of ether oxygens (including phenoxy) is 1. The molecular weight excluding hydrogens is 210 g/mol. The van der Waals surface area contributed by atoms with E-state index in [1.54, 1.807) is 0 Å². The number of thioether (sulfide) groups is 1. The quantitative estimate of drug-likeness (QED) is 0.761. The standard InChI is InChI=1S/C11H21NO2S/c1-9-10(3-2-6-15-9)12-7-11(13)4-5-14-8-11/h9-10,12-13H,2-8H2,1H3. The molecule has 4 heteroatoms. The Morgan fingerprint density at radius 1 is 1.60 bits per heavy atom. The van der Waals surface area contributed by atoms with Gasteiger partial charge in [-0.2, -0.15) is 11.8 Å². The lowest BCUT2D eigenvalue weighted by atomic mass is 10.0. The Balaban J connectivity index is 1.76. The predicted molar refractivity (Wildman–Crippen MR) is 63.3 cm³/mol. The first kappa shape index (κ1) is 11.7. The van der Waals surface area contributed by atoms with E-state index in [9.17, 15) is 5.11 Å². The maximum Gasteiger partial charge on any atom is 0.102 e. The second-order valence-corrected chi connectivity index (χ2v) is 6.22. The first-order valence-electron chi connectivity index (χ1n) is 5.85. The SMILES string of the molecule is CC1SCCCC1NCC1(O)CCOC1. The van der Waals surface area contributed by atoms with Gasteiger partial charge in [0.25, 0.3) is 0 Å². The van der Waals surface area contributed by atoms with E-state index in [-0.39, 0.29) is 0 Å². The van der Waals surface area contributed by atoms with Crippen molar-refractivity contribution >= 4 is 11.8 Å². The Hall–Kier alpha value is 0.230. The van der Waals surface area contributed by atoms with Crippen LogP contribution in [-0.4, -0.2) is 47.5 Å². The second-order valence-electron chi connectivity index (χ2n) is 4.73. The zero-order valence-electron chi connectivity index (χ0n) is 9.37. The van der Waals surface area contributed by atoms with Gasteiger partial charge in [-0.05, 0) is 18.6 Å². The number of aliphatic hydroxyl groups is 1. The fourth-order valence-electron chi connectivity index (χ4n) is 2.25. The minimum absolute atomic E-state index is 0.494. The van der Waals surface area contributed by atoms with Gasteiger partial charge in [-0.25, -0.2) is 0 Å². The van der Waals surface area contributed by atoms with Crippen LogP contribution in [-0.2, 0) is 4.74 Å². The Morgan fingerprint density at radius 3 is 3.13 bits per heavy atom. The van der Waals surface area contributed by atoms with E-state index in [2.05, 4.69) is 12.2 Å². The van der Waals surface area contributed by atoms with Gasteiger partial charge in [-0.15, -0.1) is 0 Å². The normalized spacial score (nSPS) is 42.0. The van der Waals surface area contributed by atoms with E-state index in [0.717, 1.165) is 6.42 Å². The Kier molecular flexibility index (Phi) is 3.93. The number of nitrogens with one attached hydrogen (secondary N) is 1. The van der Waals surface area contributed by atoms with Gasteiger partial charge in [0.2, 0.25) is 0 Å². The Bertz CT molecular complexity index is 207. The number of hydrogen-bond acceptors (Lipinski definition) is 4. The van der Waals surface area contributed by atoms with Crippen LogP contribution in [0.1, 0.15) is 26.2 Å². The summed E-state index contributed by atoms with van der Waals surface area (Å²) in [5, 5.41) is 14.3. The summed E-state index contributed by atoms with van der Waals surface area (Å²) in [6.45, 7) is 4.15. The van der Waals surface area contributed by atoms with E-state index in [1.807, 2.05) is 11.8 Å². The maximum atomic E-state index is 10.1. The molecule has 0 bridgehead atoms. The van der Waals surface area contributed by atoms with Gasteiger partial charge in [-0.3, -0.25) is 0 Å². The molecule has 2 fully saturated rings. The van der Waals surface area contributed by atoms with Gasteiger partial charge in [0.1, 0.15) is 5.60 Å². The Morgan fingerprint density at radius 2 is 2.47 bits per heavy atom. The maximum absolute atomic E-state index is 10.1. The molecule has 3 nitrogen and oxygen atoms in total. The predicted octanol–water partition coefficient (Wildman–Crippen LogP) is 1.01. The lowest BCUT2D eigenvalue weighted by molar-refractivity contribution is 0.0245. The van der Waals surface area contributed by atoms with Crippen molar-refractivity contribution < 1.29 is 9.84 Å². The van der Waals surface area contributed by atoms with Gasteiger partial charge in [0.05, 0.1) is 6.61 Å². The monoisotopic (exact) mass is 231 g/mol. The molecule has 0 aromatic rings. The molecule has 2 saturated heterocycles. The molecule has 2 aliphatic rings. The molecule has 3 atom stereocenters. The summed E-state index contributed by atoms with van der Waals surface area (Å²) in [5.41, 5.74) is -0.609. The van der Waals surface area contributed by atoms with Crippen LogP contribution >= 0.6 is 11.8 Å². The van der Waals surface area contributed by atoms with Crippen molar-refractivity contribution in [1.82, 2.24) is 5.32 Å². The van der Waals surface area contributed by atoms with Gasteiger partial charge in [0.15, 0.2) is 0 Å². The average molecular weight is 231 g/mol. The fraction of sp³-hybridized carbons (Fsp3) is 1.00. The smallest absolute Gasteiger partial charge is 0.102 e. The van der Waals surface area contributed by atoms with Crippen LogP contribution in [0.3, 0.4) is 0 Å². The molecule has 0 aromatic heterocycles. The first-order valence-corrected chi connectivity index (χ1v) is 6.90. The molecule has 0 amide bonds. The molecule has 2 N–H and O–H groups in total. The molecule has 0 aromatic carbocycles. The molecule has 0 spiro atoms. The van der Waals surface area contributed by atoms with Crippen molar-refractivity contribution in [2.75, 3.05) is 25.5 Å². The van der Waals surface area contributed by atoms with Crippen LogP contribution in [0, 0.1) is 0 Å². The summed E-state index contributed by atoms with van der Waals surface area (Å²) in [6.07, 6.45) is 3.31. The van der Waals surface area contributed by atoms with E-state index in [1.165, 1.54) is 18.6 Å². The second kappa shape index (κ2) is 5.04. The average Bonchev–Trinajstić information content (AvgIpc) is 2.65. The van der Waals surface area contributed by atoms with Crippen LogP contribution in [0.5, 0.6) is 0 Å². The molecule has 2 rings (SSSR count). The summed E-state index contributed by atoms with van der Waals surface area (Å²) in [7, 11) is 0. The number of hydrogen-bond donors (Lipinski definition) is 2. The van der Waals surface area contributed by atoms with Crippen molar-refractivity contribution in [2.45, 2.75) is 43.1 Å². The molecule has 0 radical (unpaired) electrons. The van der Waals surface area contributed by atoms with Crippen LogP contribution in [0.15, 0.2) is 0 Å². The third-order valence-corrected chi connectivity index (χ3v) is 4.76. The van der Waals surface area contributed by atoms with Gasteiger partial charge >= 0.3 is 0 Å². The van der Waals surface area contributed by atoms with Crippen molar-refractivity contribution in [1.29, 1.82) is 0 Å². The highest BCUT2D eigenvalue weighted by Gasteiger charge is 2.33. The molecule has 2 aliphatic heterocycles. The van der Waals surface area contributed by atoms with Crippen LogP contribution in [0.2, 0.25) is 0 Å². The van der Waals surface area contributed by atoms with E-state index in [4.69, 9.17) is 4.74 Å². The van der Waals surface area contributed by atoms with E-state index in [0.29, 0.717) is 31.1 Å². The molecule has 2 heterocycles. The fourth-order valence-corrected chi connectivity index (χ4v) is 3.42. The van der Waals surface area contributed by atoms with Gasteiger partial charge in [0, 0.05) is 30.9 Å². The minimum Gasteiger partial charge on any atom is -0.386 e. The molecule has 0 saturated carbocycles. The van der Waals surface area contributed by atoms with Gasteiger partial charge < -0.3 is 15.2 Å². The molecule has 88 valence electrons. The topological polar surface area (TPSA) is 41.5 Å². The van der Waals surface area contributed by atoms with Crippen molar-refractivity contribution in [3.8, 4) is 0 Å². The van der Waals surface area contributed by atoms with Crippen LogP contribution in [0.4, 0.5) is 0 Å². The minimum atomic E-state index is -0.609. The summed E-state index contributed by atoms with van der Waals surface area (Å²) in [4.78, 5) is 0. The summed E-state index contributed by atoms with van der Waals surface area (Å²) >= 11 is 2.03. The summed E-state index contributed by atoms with van der Waals surface area (Å²) in [5.74, 6) is 1.28. The number of rotatable bonds is 3. The largest absolute Gasteiger partial charge is 0.386 e. The highest BCUT2D eigenvalue weighted by atomic mass is 32.2. The molecule has 15 heavy (non-hydrogen) atoms. The highest BCUT2D eigenvalue weighted by molar-refractivity contribution is 7.99. The molecule has 3 unspecified atom stereocenters. The van der Waals surface area contributed by atoms with Crippen LogP contribution < -0.4 is 5.32 Å². The molecular formula is C11H21NO2S. The van der Waals surface area contributed by atoms with Crippen molar-refractivity contribution in [2.24, 2.45) is 0 Å². The highest BCUT2D eigenvalue weighted by Crippen LogP contribution is 2.26. The first-order chi connectivity index (χ1) is 7.20. The zero-order chi connectivity index (χ0) is 10.7. The third kappa shape index (κ3) is 3.09. The van der Waals surface area contributed by atoms with E-state index >= 15 is 0 Å². The lowest BCUT2D eigenvalue weighted by Crippen LogP contribution is -2.48. The van der Waals surface area contributed by atoms with E-state index < -0.39 is 5.60 Å². The summed E-state index contributed by atoms with van der Waals surface area (Å²) in [6, 6.07) is 0.563. The lowest BCUT2D eigenvalue weighted by Gasteiger charge is -2.32. The molecule has 0 aliphatic carbocycles. The van der Waals surface area contributed by atoms with Crippen LogP contribution in [0.25, 0.3) is 0 Å². The van der Waals surface area contributed by atoms with Crippen molar-refractivity contribution in [3.63, 3.8) is 0 Å².